The van der Waals surface area contributed by atoms with Crippen molar-refractivity contribution in [3.63, 3.8) is 0 Å². The van der Waals surface area contributed by atoms with Gasteiger partial charge in [-0.15, -0.1) is 24.8 Å². The monoisotopic (exact) mass is 448 g/mol. The molecule has 1 unspecified atom stereocenters. The van der Waals surface area contributed by atoms with Crippen molar-refractivity contribution in [2.75, 3.05) is 51.3 Å². The Morgan fingerprint density at radius 2 is 1.64 bits per heavy atom. The maximum Gasteiger partial charge on any atom is 0.142 e. The van der Waals surface area contributed by atoms with Gasteiger partial charge in [0, 0.05) is 37.7 Å². The van der Waals surface area contributed by atoms with Crippen LogP contribution >= 0.6 is 36.4 Å². The van der Waals surface area contributed by atoms with Gasteiger partial charge in [-0.2, -0.15) is 0 Å². The highest BCUT2D eigenvalue weighted by molar-refractivity contribution is 6.30. The van der Waals surface area contributed by atoms with Crippen LogP contribution in [0.2, 0.25) is 5.02 Å². The molecule has 2 aromatic carbocycles. The zero-order valence-corrected chi connectivity index (χ0v) is 18.2. The third-order valence-electron chi connectivity index (χ3n) is 4.52. The van der Waals surface area contributed by atoms with Gasteiger partial charge in [0.15, 0.2) is 0 Å². The summed E-state index contributed by atoms with van der Waals surface area (Å²) >= 11 is 5.85. The molecule has 1 N–H and O–H groups in total. The topological polar surface area (TPSA) is 45.2 Å². The first kappa shape index (κ1) is 24.7. The van der Waals surface area contributed by atoms with Crippen molar-refractivity contribution in [3.8, 4) is 11.5 Å². The minimum Gasteiger partial charge on any atom is -0.495 e. The summed E-state index contributed by atoms with van der Waals surface area (Å²) in [5.41, 5.74) is 1.13. The van der Waals surface area contributed by atoms with Crippen molar-refractivity contribution in [1.29, 1.82) is 0 Å². The fourth-order valence-electron chi connectivity index (χ4n) is 3.14. The number of ether oxygens (including phenoxy) is 2. The Morgan fingerprint density at radius 1 is 1.00 bits per heavy atom. The van der Waals surface area contributed by atoms with E-state index in [0.29, 0.717) is 11.6 Å². The molecule has 1 fully saturated rings. The molecule has 0 aliphatic carbocycles. The van der Waals surface area contributed by atoms with Crippen LogP contribution in [0.5, 0.6) is 11.5 Å². The molecule has 28 heavy (non-hydrogen) atoms. The first-order valence-corrected chi connectivity index (χ1v) is 9.20. The maximum atomic E-state index is 10.3. The number of hydrogen-bond donors (Lipinski definition) is 1. The van der Waals surface area contributed by atoms with Crippen molar-refractivity contribution in [2.45, 2.75) is 6.10 Å². The number of halogens is 3. The lowest BCUT2D eigenvalue weighted by molar-refractivity contribution is 0.0663. The summed E-state index contributed by atoms with van der Waals surface area (Å²) in [5, 5.41) is 10.9. The van der Waals surface area contributed by atoms with E-state index in [2.05, 4.69) is 15.9 Å². The van der Waals surface area contributed by atoms with Crippen molar-refractivity contribution in [2.24, 2.45) is 0 Å². The van der Waals surface area contributed by atoms with Crippen LogP contribution < -0.4 is 14.4 Å². The minimum absolute atomic E-state index is 0. The number of aliphatic hydroxyl groups is 1. The Bertz CT molecular complexity index is 695. The van der Waals surface area contributed by atoms with Crippen LogP contribution in [0.1, 0.15) is 0 Å². The highest BCUT2D eigenvalue weighted by Gasteiger charge is 2.21. The zero-order valence-electron chi connectivity index (χ0n) is 15.8. The Labute approximate surface area is 184 Å². The van der Waals surface area contributed by atoms with E-state index in [1.807, 2.05) is 18.2 Å². The van der Waals surface area contributed by atoms with Gasteiger partial charge < -0.3 is 19.5 Å². The molecule has 0 spiro atoms. The molecule has 3 rings (SSSR count). The molecule has 1 atom stereocenters. The predicted molar refractivity (Wildman–Crippen MR) is 119 cm³/mol. The number of anilines is 1. The van der Waals surface area contributed by atoms with E-state index in [-0.39, 0.29) is 31.4 Å². The van der Waals surface area contributed by atoms with Gasteiger partial charge in [0.25, 0.3) is 0 Å². The minimum atomic E-state index is -0.525. The molecule has 1 aliphatic rings. The SMILES string of the molecule is COc1ccccc1N1CCN(CC(O)COc2ccc(Cl)cc2)CC1.Cl.Cl. The highest BCUT2D eigenvalue weighted by atomic mass is 35.5. The van der Waals surface area contributed by atoms with E-state index in [9.17, 15) is 5.11 Å². The van der Waals surface area contributed by atoms with E-state index in [0.717, 1.165) is 43.4 Å². The zero-order chi connectivity index (χ0) is 18.4. The molecule has 0 radical (unpaired) electrons. The average molecular weight is 450 g/mol. The number of rotatable bonds is 7. The number of aliphatic hydroxyl groups excluding tert-OH is 1. The van der Waals surface area contributed by atoms with Gasteiger partial charge in [0.1, 0.15) is 24.2 Å². The van der Waals surface area contributed by atoms with Gasteiger partial charge in [-0.1, -0.05) is 23.7 Å². The lowest BCUT2D eigenvalue weighted by Crippen LogP contribution is -2.49. The Kier molecular flexibility index (Phi) is 10.8. The molecule has 8 heteroatoms. The van der Waals surface area contributed by atoms with Crippen LogP contribution in [0.3, 0.4) is 0 Å². The Hall–Kier alpha value is -1.37. The van der Waals surface area contributed by atoms with Gasteiger partial charge in [-0.3, -0.25) is 4.90 Å². The summed E-state index contributed by atoms with van der Waals surface area (Å²) < 4.78 is 11.1. The molecule has 0 amide bonds. The second kappa shape index (κ2) is 12.2. The van der Waals surface area contributed by atoms with Crippen molar-refractivity contribution < 1.29 is 14.6 Å². The van der Waals surface area contributed by atoms with E-state index in [4.69, 9.17) is 21.1 Å². The summed E-state index contributed by atoms with van der Waals surface area (Å²) in [6.45, 7) is 4.49. The molecule has 5 nitrogen and oxygen atoms in total. The smallest absolute Gasteiger partial charge is 0.142 e. The molecule has 1 heterocycles. The Morgan fingerprint density at radius 3 is 2.29 bits per heavy atom. The molecule has 156 valence electrons. The molecular formula is C20H27Cl3N2O3. The number of nitrogens with zero attached hydrogens (tertiary/aromatic N) is 2. The van der Waals surface area contributed by atoms with Crippen LogP contribution in [0.4, 0.5) is 5.69 Å². The van der Waals surface area contributed by atoms with Gasteiger partial charge >= 0.3 is 0 Å². The van der Waals surface area contributed by atoms with Crippen molar-refractivity contribution in [1.82, 2.24) is 4.90 Å². The number of β-amino-alcohol motifs (C(OH)–C–C–N with tert-alkyl or cyclic N) is 1. The number of benzene rings is 2. The largest absolute Gasteiger partial charge is 0.495 e. The Balaban J connectivity index is 0.00000196. The van der Waals surface area contributed by atoms with Gasteiger partial charge in [0.2, 0.25) is 0 Å². The number of methoxy groups -OCH3 is 1. The normalized spacial score (nSPS) is 15.2. The van der Waals surface area contributed by atoms with Gasteiger partial charge in [-0.05, 0) is 36.4 Å². The standard InChI is InChI=1S/C20H25ClN2O3.2ClH/c1-25-20-5-3-2-4-19(20)23-12-10-22(11-13-23)14-17(24)15-26-18-8-6-16(21)7-9-18;;/h2-9,17,24H,10-15H2,1H3;2*1H. The van der Waals surface area contributed by atoms with E-state index in [1.165, 1.54) is 0 Å². The summed E-state index contributed by atoms with van der Waals surface area (Å²) in [4.78, 5) is 4.59. The third-order valence-corrected chi connectivity index (χ3v) is 4.78. The number of piperazine rings is 1. The molecule has 1 saturated heterocycles. The van der Waals surface area contributed by atoms with E-state index in [1.54, 1.807) is 31.4 Å². The summed E-state index contributed by atoms with van der Waals surface area (Å²) in [6.07, 6.45) is -0.525. The second-order valence-corrected chi connectivity index (χ2v) is 6.81. The second-order valence-electron chi connectivity index (χ2n) is 6.38. The molecule has 1 aliphatic heterocycles. The van der Waals surface area contributed by atoms with Crippen LogP contribution in [-0.2, 0) is 0 Å². The maximum absolute atomic E-state index is 10.3. The van der Waals surface area contributed by atoms with Crippen LogP contribution in [0.25, 0.3) is 0 Å². The molecule has 0 bridgehead atoms. The molecule has 0 aromatic heterocycles. The fraction of sp³-hybridized carbons (Fsp3) is 0.400. The van der Waals surface area contributed by atoms with Gasteiger partial charge in [-0.25, -0.2) is 0 Å². The predicted octanol–water partition coefficient (Wildman–Crippen LogP) is 3.75. The highest BCUT2D eigenvalue weighted by Crippen LogP contribution is 2.28. The van der Waals surface area contributed by atoms with Crippen molar-refractivity contribution >= 4 is 42.1 Å². The fourth-order valence-corrected chi connectivity index (χ4v) is 3.26. The van der Waals surface area contributed by atoms with Crippen LogP contribution in [0, 0.1) is 0 Å². The van der Waals surface area contributed by atoms with Crippen LogP contribution in [-0.4, -0.2) is 62.6 Å². The summed E-state index contributed by atoms with van der Waals surface area (Å²) in [5.74, 6) is 1.62. The van der Waals surface area contributed by atoms with E-state index >= 15 is 0 Å². The molecular weight excluding hydrogens is 423 g/mol. The molecule has 2 aromatic rings. The first-order chi connectivity index (χ1) is 12.7. The summed E-state index contributed by atoms with van der Waals surface area (Å²) in [6, 6.07) is 15.3. The number of para-hydroxylation sites is 2. The van der Waals surface area contributed by atoms with Crippen molar-refractivity contribution in [3.05, 3.63) is 53.6 Å². The average Bonchev–Trinajstić information content (AvgIpc) is 2.68. The molecule has 0 saturated carbocycles. The van der Waals surface area contributed by atoms with Crippen LogP contribution in [0.15, 0.2) is 48.5 Å². The summed E-state index contributed by atoms with van der Waals surface area (Å²) in [7, 11) is 1.70. The number of hydrogen-bond acceptors (Lipinski definition) is 5. The lowest BCUT2D eigenvalue weighted by atomic mass is 10.2. The third kappa shape index (κ3) is 6.90. The quantitative estimate of drug-likeness (QED) is 0.697. The first-order valence-electron chi connectivity index (χ1n) is 8.82. The van der Waals surface area contributed by atoms with Gasteiger partial charge in [0.05, 0.1) is 12.8 Å². The van der Waals surface area contributed by atoms with E-state index < -0.39 is 6.10 Å². The lowest BCUT2D eigenvalue weighted by Gasteiger charge is -2.37.